The molecule has 1 fully saturated rings. The van der Waals surface area contributed by atoms with Gasteiger partial charge in [0.1, 0.15) is 17.4 Å². The lowest BCUT2D eigenvalue weighted by Gasteiger charge is -2.26. The molecule has 2 aromatic carbocycles. The van der Waals surface area contributed by atoms with Crippen molar-refractivity contribution in [3.8, 4) is 28.8 Å². The Balaban J connectivity index is 1.67. The standard InChI is InChI=1S/C28H30N4O3/c1-21(2)12-15-35-26-10-8-22(9-11-26)27-24(20-32(30-27)25-6-4-3-5-7-25)18-23(19-29)28(33)31-13-16-34-17-14-31/h3-11,18,20-21H,12-17H2,1-2H3/b23-18+. The average Bonchev–Trinajstić information content (AvgIpc) is 3.32. The van der Waals surface area contributed by atoms with E-state index >= 15 is 0 Å². The summed E-state index contributed by atoms with van der Waals surface area (Å²) in [4.78, 5) is 14.6. The predicted octanol–water partition coefficient (Wildman–Crippen LogP) is 4.73. The summed E-state index contributed by atoms with van der Waals surface area (Å²) in [5.41, 5.74) is 3.22. The Bertz CT molecular complexity index is 1200. The van der Waals surface area contributed by atoms with Crippen LogP contribution >= 0.6 is 0 Å². The van der Waals surface area contributed by atoms with Crippen LogP contribution in [0.15, 0.2) is 66.4 Å². The molecule has 7 nitrogen and oxygen atoms in total. The van der Waals surface area contributed by atoms with Crippen LogP contribution in [-0.4, -0.2) is 53.5 Å². The van der Waals surface area contributed by atoms with E-state index in [1.54, 1.807) is 15.7 Å². The molecule has 0 spiro atoms. The van der Waals surface area contributed by atoms with Crippen LogP contribution in [0.5, 0.6) is 5.75 Å². The summed E-state index contributed by atoms with van der Waals surface area (Å²) < 4.78 is 13.0. The number of nitriles is 1. The highest BCUT2D eigenvalue weighted by atomic mass is 16.5. The Hall–Kier alpha value is -3.89. The van der Waals surface area contributed by atoms with Gasteiger partial charge in [-0.1, -0.05) is 32.0 Å². The van der Waals surface area contributed by atoms with Gasteiger partial charge in [-0.05, 0) is 54.8 Å². The lowest BCUT2D eigenvalue weighted by Crippen LogP contribution is -2.41. The predicted molar refractivity (Wildman–Crippen MR) is 135 cm³/mol. The van der Waals surface area contributed by atoms with Gasteiger partial charge in [0.05, 0.1) is 31.2 Å². The fraction of sp³-hybridized carbons (Fsp3) is 0.321. The molecule has 0 atom stereocenters. The Morgan fingerprint density at radius 2 is 1.86 bits per heavy atom. The molecule has 0 bridgehead atoms. The van der Waals surface area contributed by atoms with Gasteiger partial charge in [0.25, 0.3) is 5.91 Å². The van der Waals surface area contributed by atoms with E-state index in [1.165, 1.54) is 0 Å². The van der Waals surface area contributed by atoms with E-state index in [0.29, 0.717) is 50.1 Å². The van der Waals surface area contributed by atoms with Crippen molar-refractivity contribution >= 4 is 12.0 Å². The minimum absolute atomic E-state index is 0.0781. The Morgan fingerprint density at radius 3 is 2.51 bits per heavy atom. The molecule has 2 heterocycles. The number of para-hydroxylation sites is 1. The lowest BCUT2D eigenvalue weighted by molar-refractivity contribution is -0.130. The first-order valence-electron chi connectivity index (χ1n) is 11.9. The second kappa shape index (κ2) is 11.5. The summed E-state index contributed by atoms with van der Waals surface area (Å²) in [6.45, 7) is 6.93. The maximum atomic E-state index is 13.0. The fourth-order valence-corrected chi connectivity index (χ4v) is 3.79. The number of benzene rings is 2. The average molecular weight is 471 g/mol. The highest BCUT2D eigenvalue weighted by Gasteiger charge is 2.22. The zero-order valence-electron chi connectivity index (χ0n) is 20.2. The molecule has 1 aromatic heterocycles. The first-order chi connectivity index (χ1) is 17.0. The van der Waals surface area contributed by atoms with Crippen LogP contribution in [-0.2, 0) is 9.53 Å². The molecule has 1 aliphatic rings. The summed E-state index contributed by atoms with van der Waals surface area (Å²) in [7, 11) is 0. The summed E-state index contributed by atoms with van der Waals surface area (Å²) in [5, 5.41) is 14.6. The van der Waals surface area contributed by atoms with Crippen molar-refractivity contribution in [2.24, 2.45) is 5.92 Å². The van der Waals surface area contributed by atoms with Crippen LogP contribution in [0.4, 0.5) is 0 Å². The fourth-order valence-electron chi connectivity index (χ4n) is 3.79. The van der Waals surface area contributed by atoms with Gasteiger partial charge in [-0.2, -0.15) is 10.4 Å². The third-order valence-corrected chi connectivity index (χ3v) is 5.80. The zero-order valence-corrected chi connectivity index (χ0v) is 20.2. The number of ether oxygens (including phenoxy) is 2. The molecule has 4 rings (SSSR count). The number of hydrogen-bond donors (Lipinski definition) is 0. The molecule has 7 heteroatoms. The first-order valence-corrected chi connectivity index (χ1v) is 11.9. The molecule has 1 saturated heterocycles. The van der Waals surface area contributed by atoms with Crippen molar-refractivity contribution in [2.45, 2.75) is 20.3 Å². The Morgan fingerprint density at radius 1 is 1.14 bits per heavy atom. The van der Waals surface area contributed by atoms with E-state index in [0.717, 1.165) is 23.4 Å². The number of rotatable bonds is 8. The lowest BCUT2D eigenvalue weighted by atomic mass is 10.1. The third-order valence-electron chi connectivity index (χ3n) is 5.80. The van der Waals surface area contributed by atoms with Crippen molar-refractivity contribution in [1.82, 2.24) is 14.7 Å². The van der Waals surface area contributed by atoms with Gasteiger partial charge in [0.2, 0.25) is 0 Å². The normalized spacial score (nSPS) is 14.1. The van der Waals surface area contributed by atoms with E-state index in [2.05, 4.69) is 19.9 Å². The Kier molecular flexibility index (Phi) is 7.96. The van der Waals surface area contributed by atoms with Gasteiger partial charge in [0.15, 0.2) is 0 Å². The molecule has 35 heavy (non-hydrogen) atoms. The van der Waals surface area contributed by atoms with Gasteiger partial charge in [-0.25, -0.2) is 4.68 Å². The van der Waals surface area contributed by atoms with Crippen LogP contribution in [0, 0.1) is 17.2 Å². The number of hydrogen-bond acceptors (Lipinski definition) is 5. The highest BCUT2D eigenvalue weighted by Crippen LogP contribution is 2.28. The third kappa shape index (κ3) is 6.17. The van der Waals surface area contributed by atoms with Crippen LogP contribution in [0.2, 0.25) is 0 Å². The van der Waals surface area contributed by atoms with Gasteiger partial charge in [-0.15, -0.1) is 0 Å². The summed E-state index contributed by atoms with van der Waals surface area (Å²) >= 11 is 0. The van der Waals surface area contributed by atoms with Gasteiger partial charge < -0.3 is 14.4 Å². The smallest absolute Gasteiger partial charge is 0.264 e. The van der Waals surface area contributed by atoms with Gasteiger partial charge in [-0.3, -0.25) is 4.79 Å². The molecular formula is C28H30N4O3. The summed E-state index contributed by atoms with van der Waals surface area (Å²) in [6.07, 6.45) is 4.47. The molecule has 1 amide bonds. The second-order valence-electron chi connectivity index (χ2n) is 8.84. The minimum Gasteiger partial charge on any atom is -0.494 e. The van der Waals surface area contributed by atoms with Gasteiger partial charge >= 0.3 is 0 Å². The van der Waals surface area contributed by atoms with E-state index in [9.17, 15) is 10.1 Å². The number of nitrogens with zero attached hydrogens (tertiary/aromatic N) is 4. The van der Waals surface area contributed by atoms with E-state index in [-0.39, 0.29) is 11.5 Å². The maximum absolute atomic E-state index is 13.0. The summed E-state index contributed by atoms with van der Waals surface area (Å²) in [6, 6.07) is 19.6. The van der Waals surface area contributed by atoms with Crippen LogP contribution in [0.25, 0.3) is 23.0 Å². The molecular weight excluding hydrogens is 440 g/mol. The van der Waals surface area contributed by atoms with Crippen molar-refractivity contribution < 1.29 is 14.3 Å². The van der Waals surface area contributed by atoms with Crippen molar-refractivity contribution in [3.63, 3.8) is 0 Å². The van der Waals surface area contributed by atoms with E-state index in [1.807, 2.05) is 60.8 Å². The molecule has 180 valence electrons. The number of carbonyl (C=O) groups is 1. The molecule has 0 saturated carbocycles. The molecule has 0 unspecified atom stereocenters. The quantitative estimate of drug-likeness (QED) is 0.351. The van der Waals surface area contributed by atoms with Gasteiger partial charge in [0, 0.05) is 30.4 Å². The Labute approximate surface area is 206 Å². The topological polar surface area (TPSA) is 80.4 Å². The number of morpholine rings is 1. The zero-order chi connectivity index (χ0) is 24.6. The molecule has 0 N–H and O–H groups in total. The number of amides is 1. The van der Waals surface area contributed by atoms with Crippen LogP contribution in [0.3, 0.4) is 0 Å². The minimum atomic E-state index is -0.289. The van der Waals surface area contributed by atoms with Crippen molar-refractivity contribution in [1.29, 1.82) is 5.26 Å². The van der Waals surface area contributed by atoms with E-state index < -0.39 is 0 Å². The SMILES string of the molecule is CC(C)CCOc1ccc(-c2nn(-c3ccccc3)cc2/C=C(\C#N)C(=O)N2CCOCC2)cc1. The monoisotopic (exact) mass is 470 g/mol. The molecule has 0 aliphatic carbocycles. The van der Waals surface area contributed by atoms with Crippen LogP contribution < -0.4 is 4.74 Å². The van der Waals surface area contributed by atoms with Crippen molar-refractivity contribution in [3.05, 3.63) is 71.9 Å². The van der Waals surface area contributed by atoms with Crippen LogP contribution in [0.1, 0.15) is 25.8 Å². The molecule has 3 aromatic rings. The van der Waals surface area contributed by atoms with E-state index in [4.69, 9.17) is 14.6 Å². The summed E-state index contributed by atoms with van der Waals surface area (Å²) in [5.74, 6) is 1.09. The number of carbonyl (C=O) groups excluding carboxylic acids is 1. The molecule has 0 radical (unpaired) electrons. The van der Waals surface area contributed by atoms with Crippen molar-refractivity contribution in [2.75, 3.05) is 32.9 Å². The first kappa shape index (κ1) is 24.2. The highest BCUT2D eigenvalue weighted by molar-refractivity contribution is 6.02. The number of aromatic nitrogens is 2. The second-order valence-corrected chi connectivity index (χ2v) is 8.84. The maximum Gasteiger partial charge on any atom is 0.264 e. The molecule has 1 aliphatic heterocycles. The largest absolute Gasteiger partial charge is 0.494 e.